The Balaban J connectivity index is 1.87. The van der Waals surface area contributed by atoms with Crippen LogP contribution in [0.2, 0.25) is 0 Å². The summed E-state index contributed by atoms with van der Waals surface area (Å²) in [6.07, 6.45) is 1.54. The first-order valence-corrected chi connectivity index (χ1v) is 7.59. The molecule has 0 bridgehead atoms. The summed E-state index contributed by atoms with van der Waals surface area (Å²) in [5.74, 6) is 1.13. The van der Waals surface area contributed by atoms with Crippen LogP contribution >= 0.6 is 0 Å². The zero-order valence-electron chi connectivity index (χ0n) is 13.7. The molecule has 0 unspecified atom stereocenters. The van der Waals surface area contributed by atoms with E-state index in [1.807, 2.05) is 13.8 Å². The third kappa shape index (κ3) is 3.84. The van der Waals surface area contributed by atoms with E-state index in [1.54, 1.807) is 0 Å². The van der Waals surface area contributed by atoms with Crippen molar-refractivity contribution >= 4 is 5.91 Å². The van der Waals surface area contributed by atoms with Crippen LogP contribution in [0.25, 0.3) is 0 Å². The quantitative estimate of drug-likeness (QED) is 0.926. The Hall–Kier alpha value is -1.36. The van der Waals surface area contributed by atoms with Crippen LogP contribution < -0.4 is 5.32 Å². The van der Waals surface area contributed by atoms with Crippen molar-refractivity contribution < 1.29 is 14.1 Å². The number of carbonyl (C=O) groups is 1. The van der Waals surface area contributed by atoms with E-state index in [-0.39, 0.29) is 17.4 Å². The molecule has 2 heterocycles. The number of nitrogens with one attached hydrogen (secondary N) is 1. The number of amides is 1. The van der Waals surface area contributed by atoms with Gasteiger partial charge in [0.1, 0.15) is 5.76 Å². The summed E-state index contributed by atoms with van der Waals surface area (Å²) in [6, 6.07) is 0. The van der Waals surface area contributed by atoms with Gasteiger partial charge in [-0.2, -0.15) is 0 Å². The van der Waals surface area contributed by atoms with Crippen molar-refractivity contribution in [2.45, 2.75) is 53.6 Å². The summed E-state index contributed by atoms with van der Waals surface area (Å²) in [5.41, 5.74) is 1.79. The molecule has 0 aromatic carbocycles. The summed E-state index contributed by atoms with van der Waals surface area (Å²) in [5, 5.41) is 6.91. The molecule has 5 heteroatoms. The van der Waals surface area contributed by atoms with Crippen molar-refractivity contribution in [3.8, 4) is 0 Å². The third-order valence-corrected chi connectivity index (χ3v) is 4.15. The van der Waals surface area contributed by atoms with Crippen LogP contribution in [-0.4, -0.2) is 30.3 Å². The van der Waals surface area contributed by atoms with E-state index in [9.17, 15) is 4.79 Å². The molecule has 1 N–H and O–H groups in total. The van der Waals surface area contributed by atoms with Crippen molar-refractivity contribution in [2.75, 3.05) is 13.2 Å². The molecular formula is C16H26N2O3. The first-order valence-electron chi connectivity index (χ1n) is 7.59. The average molecular weight is 294 g/mol. The Kier molecular flexibility index (Phi) is 4.71. The zero-order valence-corrected chi connectivity index (χ0v) is 13.7. The fourth-order valence-corrected chi connectivity index (χ4v) is 3.02. The highest BCUT2D eigenvalue weighted by Crippen LogP contribution is 2.34. The van der Waals surface area contributed by atoms with Gasteiger partial charge >= 0.3 is 0 Å². The minimum Gasteiger partial charge on any atom is -0.377 e. The van der Waals surface area contributed by atoms with Crippen LogP contribution in [0.1, 0.15) is 44.2 Å². The van der Waals surface area contributed by atoms with Crippen LogP contribution in [0, 0.1) is 25.2 Å². The fraction of sp³-hybridized carbons (Fsp3) is 0.750. The number of rotatable bonds is 4. The number of hydrogen-bond acceptors (Lipinski definition) is 4. The van der Waals surface area contributed by atoms with Gasteiger partial charge in [0.2, 0.25) is 5.91 Å². The molecule has 5 nitrogen and oxygen atoms in total. The fourth-order valence-electron chi connectivity index (χ4n) is 3.02. The number of aromatic nitrogens is 1. The first kappa shape index (κ1) is 16.0. The number of hydrogen-bond donors (Lipinski definition) is 1. The molecule has 21 heavy (non-hydrogen) atoms. The number of nitrogens with zero attached hydrogens (tertiary/aromatic N) is 1. The van der Waals surface area contributed by atoms with Gasteiger partial charge < -0.3 is 14.6 Å². The van der Waals surface area contributed by atoms with Gasteiger partial charge in [0.05, 0.1) is 18.2 Å². The van der Waals surface area contributed by atoms with Gasteiger partial charge in [-0.15, -0.1) is 0 Å². The summed E-state index contributed by atoms with van der Waals surface area (Å²) in [6.45, 7) is 11.7. The summed E-state index contributed by atoms with van der Waals surface area (Å²) >= 11 is 0. The molecule has 1 saturated heterocycles. The Labute approximate surface area is 126 Å². The minimum atomic E-state index is 0.0176. The van der Waals surface area contributed by atoms with Crippen LogP contribution in [0.4, 0.5) is 0 Å². The second kappa shape index (κ2) is 6.18. The molecule has 1 fully saturated rings. The van der Waals surface area contributed by atoms with Crippen LogP contribution in [0.3, 0.4) is 0 Å². The van der Waals surface area contributed by atoms with Crippen molar-refractivity contribution in [1.82, 2.24) is 10.5 Å². The van der Waals surface area contributed by atoms with Crippen LogP contribution in [-0.2, 0) is 16.0 Å². The Morgan fingerprint density at radius 1 is 1.38 bits per heavy atom. The Bertz CT molecular complexity index is 483. The highest BCUT2D eigenvalue weighted by Gasteiger charge is 2.37. The topological polar surface area (TPSA) is 64.4 Å². The average Bonchev–Trinajstić information content (AvgIpc) is 2.97. The van der Waals surface area contributed by atoms with Gasteiger partial charge in [-0.25, -0.2) is 0 Å². The molecule has 0 spiro atoms. The minimum absolute atomic E-state index is 0.0176. The van der Waals surface area contributed by atoms with Gasteiger partial charge in [0, 0.05) is 24.6 Å². The third-order valence-electron chi connectivity index (χ3n) is 4.15. The number of carbonyl (C=O) groups excluding carboxylic acids is 1. The van der Waals surface area contributed by atoms with Crippen molar-refractivity contribution in [2.24, 2.45) is 11.3 Å². The monoisotopic (exact) mass is 294 g/mol. The molecule has 1 amide bonds. The lowest BCUT2D eigenvalue weighted by Gasteiger charge is -2.31. The summed E-state index contributed by atoms with van der Waals surface area (Å²) < 4.78 is 10.9. The molecule has 0 saturated carbocycles. The zero-order chi connectivity index (χ0) is 15.6. The van der Waals surface area contributed by atoms with Gasteiger partial charge in [-0.05, 0) is 25.7 Å². The van der Waals surface area contributed by atoms with Crippen molar-refractivity contribution in [1.29, 1.82) is 0 Å². The van der Waals surface area contributed by atoms with E-state index >= 15 is 0 Å². The lowest BCUT2D eigenvalue weighted by atomic mass is 9.81. The molecule has 118 valence electrons. The van der Waals surface area contributed by atoms with Crippen LogP contribution in [0.15, 0.2) is 4.52 Å². The molecule has 0 aliphatic carbocycles. The van der Waals surface area contributed by atoms with E-state index in [4.69, 9.17) is 9.26 Å². The highest BCUT2D eigenvalue weighted by molar-refractivity contribution is 5.79. The molecule has 2 atom stereocenters. The standard InChI is InChI=1S/C16H26N2O3/c1-10-13(11(2)21-18-10)8-14(19)17-9-12-6-7-20-15(12)16(3,4)5/h12,15H,6-9H2,1-5H3,(H,17,19)/t12-,15+/m1/s1. The molecule has 1 aliphatic heterocycles. The maximum absolute atomic E-state index is 12.1. The highest BCUT2D eigenvalue weighted by atomic mass is 16.5. The van der Waals surface area contributed by atoms with Gasteiger partial charge in [0.15, 0.2) is 0 Å². The number of ether oxygens (including phenoxy) is 1. The lowest BCUT2D eigenvalue weighted by molar-refractivity contribution is -0.120. The van der Waals surface area contributed by atoms with E-state index in [0.717, 1.165) is 30.0 Å². The molecule has 0 radical (unpaired) electrons. The largest absolute Gasteiger partial charge is 0.377 e. The van der Waals surface area contributed by atoms with E-state index in [2.05, 4.69) is 31.2 Å². The predicted octanol–water partition coefficient (Wildman–Crippen LogP) is 2.40. The lowest BCUT2D eigenvalue weighted by Crippen LogP contribution is -2.39. The van der Waals surface area contributed by atoms with Crippen molar-refractivity contribution in [3.63, 3.8) is 0 Å². The second-order valence-corrected chi connectivity index (χ2v) is 6.99. The Morgan fingerprint density at radius 3 is 2.67 bits per heavy atom. The first-order chi connectivity index (χ1) is 9.79. The maximum Gasteiger partial charge on any atom is 0.224 e. The summed E-state index contributed by atoms with van der Waals surface area (Å²) in [4.78, 5) is 12.1. The Morgan fingerprint density at radius 2 is 2.10 bits per heavy atom. The normalized spacial score (nSPS) is 22.5. The van der Waals surface area contributed by atoms with E-state index in [1.165, 1.54) is 0 Å². The molecule has 2 rings (SSSR count). The van der Waals surface area contributed by atoms with E-state index in [0.29, 0.717) is 18.9 Å². The molecular weight excluding hydrogens is 268 g/mol. The predicted molar refractivity (Wildman–Crippen MR) is 80.0 cm³/mol. The van der Waals surface area contributed by atoms with Gasteiger partial charge in [-0.1, -0.05) is 25.9 Å². The van der Waals surface area contributed by atoms with E-state index < -0.39 is 0 Å². The van der Waals surface area contributed by atoms with Gasteiger partial charge in [-0.3, -0.25) is 4.79 Å². The van der Waals surface area contributed by atoms with Crippen LogP contribution in [0.5, 0.6) is 0 Å². The molecule has 1 aromatic rings. The molecule has 1 aliphatic rings. The van der Waals surface area contributed by atoms with Crippen molar-refractivity contribution in [3.05, 3.63) is 17.0 Å². The maximum atomic E-state index is 12.1. The second-order valence-electron chi connectivity index (χ2n) is 6.99. The number of aryl methyl sites for hydroxylation is 2. The van der Waals surface area contributed by atoms with Gasteiger partial charge in [0.25, 0.3) is 0 Å². The molecule has 1 aromatic heterocycles. The summed E-state index contributed by atoms with van der Waals surface area (Å²) in [7, 11) is 0. The SMILES string of the molecule is Cc1noc(C)c1CC(=O)NC[C@H]1CCO[C@@H]1C(C)(C)C. The smallest absolute Gasteiger partial charge is 0.224 e.